The Morgan fingerprint density at radius 3 is 3.00 bits per heavy atom. The Kier molecular flexibility index (Phi) is 4.18. The minimum Gasteiger partial charge on any atom is -0.395 e. The molecule has 1 unspecified atom stereocenters. The van der Waals surface area contributed by atoms with Crippen molar-refractivity contribution in [1.82, 2.24) is 10.2 Å². The second-order valence-corrected chi connectivity index (χ2v) is 3.54. The van der Waals surface area contributed by atoms with E-state index in [1.807, 2.05) is 0 Å². The molecular formula is C9H18N2O2. The second kappa shape index (κ2) is 5.19. The van der Waals surface area contributed by atoms with Crippen LogP contribution in [0.25, 0.3) is 0 Å². The summed E-state index contributed by atoms with van der Waals surface area (Å²) in [6.45, 7) is 4.02. The smallest absolute Gasteiger partial charge is 0.234 e. The van der Waals surface area contributed by atoms with E-state index in [0.717, 1.165) is 6.54 Å². The minimum absolute atomic E-state index is 0.0152. The molecule has 1 aliphatic heterocycles. The molecule has 1 atom stereocenters. The van der Waals surface area contributed by atoms with Crippen LogP contribution in [0.15, 0.2) is 0 Å². The average molecular weight is 186 g/mol. The van der Waals surface area contributed by atoms with E-state index in [2.05, 4.69) is 17.1 Å². The first-order valence-electron chi connectivity index (χ1n) is 4.85. The summed E-state index contributed by atoms with van der Waals surface area (Å²) >= 11 is 0. The van der Waals surface area contributed by atoms with Crippen LogP contribution in [-0.4, -0.2) is 48.2 Å². The molecule has 0 bridgehead atoms. The second-order valence-electron chi connectivity index (χ2n) is 3.54. The maximum atomic E-state index is 11.2. The van der Waals surface area contributed by atoms with Crippen LogP contribution in [0.3, 0.4) is 0 Å². The van der Waals surface area contributed by atoms with Gasteiger partial charge in [0.25, 0.3) is 0 Å². The molecule has 0 aromatic heterocycles. The number of aliphatic hydroxyl groups is 1. The Balaban J connectivity index is 2.19. The Morgan fingerprint density at radius 2 is 2.46 bits per heavy atom. The molecule has 4 heteroatoms. The van der Waals surface area contributed by atoms with Crippen LogP contribution in [0.5, 0.6) is 0 Å². The molecule has 0 aromatic rings. The highest BCUT2D eigenvalue weighted by atomic mass is 16.3. The third kappa shape index (κ3) is 3.32. The first-order valence-corrected chi connectivity index (χ1v) is 4.85. The Bertz CT molecular complexity index is 173. The van der Waals surface area contributed by atoms with Crippen LogP contribution in [-0.2, 0) is 4.79 Å². The minimum atomic E-state index is 0.0152. The molecule has 1 amide bonds. The molecule has 2 N–H and O–H groups in total. The number of nitrogens with one attached hydrogen (secondary N) is 1. The summed E-state index contributed by atoms with van der Waals surface area (Å²) in [4.78, 5) is 13.4. The van der Waals surface area contributed by atoms with Crippen LogP contribution in [0, 0.1) is 0 Å². The van der Waals surface area contributed by atoms with Crippen molar-refractivity contribution in [2.75, 3.05) is 26.2 Å². The van der Waals surface area contributed by atoms with E-state index in [4.69, 9.17) is 5.11 Å². The topological polar surface area (TPSA) is 52.6 Å². The first kappa shape index (κ1) is 10.5. The van der Waals surface area contributed by atoms with Crippen molar-refractivity contribution in [2.24, 2.45) is 0 Å². The van der Waals surface area contributed by atoms with Crippen molar-refractivity contribution in [3.8, 4) is 0 Å². The van der Waals surface area contributed by atoms with Crippen LogP contribution >= 0.6 is 0 Å². The van der Waals surface area contributed by atoms with Gasteiger partial charge in [-0.2, -0.15) is 0 Å². The first-order chi connectivity index (χ1) is 6.24. The van der Waals surface area contributed by atoms with Gasteiger partial charge in [0.15, 0.2) is 0 Å². The van der Waals surface area contributed by atoms with Gasteiger partial charge in [-0.05, 0) is 26.3 Å². The lowest BCUT2D eigenvalue weighted by atomic mass is 10.2. The number of carbonyl (C=O) groups excluding carboxylic acids is 1. The molecule has 1 rings (SSSR count). The van der Waals surface area contributed by atoms with Crippen molar-refractivity contribution in [3.63, 3.8) is 0 Å². The molecule has 0 aliphatic carbocycles. The molecule has 1 fully saturated rings. The van der Waals surface area contributed by atoms with Gasteiger partial charge in [0.05, 0.1) is 13.2 Å². The maximum absolute atomic E-state index is 11.2. The number of hydrogen-bond donors (Lipinski definition) is 2. The molecule has 4 nitrogen and oxygen atoms in total. The summed E-state index contributed by atoms with van der Waals surface area (Å²) in [5.41, 5.74) is 0. The highest BCUT2D eigenvalue weighted by molar-refractivity contribution is 5.78. The van der Waals surface area contributed by atoms with E-state index in [9.17, 15) is 4.79 Å². The van der Waals surface area contributed by atoms with Gasteiger partial charge >= 0.3 is 0 Å². The van der Waals surface area contributed by atoms with E-state index in [1.54, 1.807) is 0 Å². The summed E-state index contributed by atoms with van der Waals surface area (Å²) in [6.07, 6.45) is 2.38. The molecule has 1 aliphatic rings. The Morgan fingerprint density at radius 1 is 1.69 bits per heavy atom. The number of rotatable bonds is 4. The fourth-order valence-electron chi connectivity index (χ4n) is 1.66. The van der Waals surface area contributed by atoms with Crippen molar-refractivity contribution < 1.29 is 9.90 Å². The summed E-state index contributed by atoms with van der Waals surface area (Å²) in [6, 6.07) is 0.528. The van der Waals surface area contributed by atoms with Crippen molar-refractivity contribution in [3.05, 3.63) is 0 Å². The molecule has 0 radical (unpaired) electrons. The number of nitrogens with zero attached hydrogens (tertiary/aromatic N) is 1. The summed E-state index contributed by atoms with van der Waals surface area (Å²) in [5, 5.41) is 11.1. The Labute approximate surface area is 78.9 Å². The molecule has 0 saturated carbocycles. The van der Waals surface area contributed by atoms with Crippen LogP contribution in [0.1, 0.15) is 19.8 Å². The predicted octanol–water partition coefficient (Wildman–Crippen LogP) is -0.421. The predicted molar refractivity (Wildman–Crippen MR) is 50.4 cm³/mol. The lowest BCUT2D eigenvalue weighted by Gasteiger charge is -2.19. The molecule has 13 heavy (non-hydrogen) atoms. The van der Waals surface area contributed by atoms with Crippen LogP contribution in [0.4, 0.5) is 0 Å². The molecule has 0 aromatic carbocycles. The maximum Gasteiger partial charge on any atom is 0.234 e. The molecule has 76 valence electrons. The number of carbonyl (C=O) groups is 1. The third-order valence-electron chi connectivity index (χ3n) is 2.47. The Hall–Kier alpha value is -0.610. The van der Waals surface area contributed by atoms with Gasteiger partial charge in [0.1, 0.15) is 0 Å². The van der Waals surface area contributed by atoms with Gasteiger partial charge in [0.2, 0.25) is 5.91 Å². The van der Waals surface area contributed by atoms with E-state index in [-0.39, 0.29) is 12.5 Å². The zero-order valence-corrected chi connectivity index (χ0v) is 8.12. The SMILES string of the molecule is CC1CCCN1CC(=O)NCCO. The van der Waals surface area contributed by atoms with E-state index >= 15 is 0 Å². The monoisotopic (exact) mass is 186 g/mol. The standard InChI is InChI=1S/C9H18N2O2/c1-8-3-2-5-11(8)7-9(13)10-4-6-12/h8,12H,2-7H2,1H3,(H,10,13). The molecule has 0 spiro atoms. The van der Waals surface area contributed by atoms with Gasteiger partial charge < -0.3 is 10.4 Å². The molecule has 1 heterocycles. The number of aliphatic hydroxyl groups excluding tert-OH is 1. The lowest BCUT2D eigenvalue weighted by molar-refractivity contribution is -0.122. The highest BCUT2D eigenvalue weighted by Gasteiger charge is 2.21. The van der Waals surface area contributed by atoms with E-state index in [1.165, 1.54) is 12.8 Å². The van der Waals surface area contributed by atoms with Crippen molar-refractivity contribution in [1.29, 1.82) is 0 Å². The average Bonchev–Trinajstić information content (AvgIpc) is 2.48. The fraction of sp³-hybridized carbons (Fsp3) is 0.889. The van der Waals surface area contributed by atoms with Crippen LogP contribution < -0.4 is 5.32 Å². The quantitative estimate of drug-likeness (QED) is 0.627. The normalized spacial score (nSPS) is 23.4. The van der Waals surface area contributed by atoms with Gasteiger partial charge in [-0.3, -0.25) is 9.69 Å². The number of hydrogen-bond acceptors (Lipinski definition) is 3. The summed E-state index contributed by atoms with van der Waals surface area (Å²) in [7, 11) is 0. The highest BCUT2D eigenvalue weighted by Crippen LogP contribution is 2.15. The summed E-state index contributed by atoms with van der Waals surface area (Å²) < 4.78 is 0. The van der Waals surface area contributed by atoms with Crippen molar-refractivity contribution in [2.45, 2.75) is 25.8 Å². The number of amides is 1. The van der Waals surface area contributed by atoms with Gasteiger partial charge in [-0.15, -0.1) is 0 Å². The van der Waals surface area contributed by atoms with Gasteiger partial charge in [0, 0.05) is 12.6 Å². The van der Waals surface area contributed by atoms with E-state index in [0.29, 0.717) is 19.1 Å². The molecule has 1 saturated heterocycles. The van der Waals surface area contributed by atoms with Crippen molar-refractivity contribution >= 4 is 5.91 Å². The lowest BCUT2D eigenvalue weighted by Crippen LogP contribution is -2.39. The largest absolute Gasteiger partial charge is 0.395 e. The zero-order valence-electron chi connectivity index (χ0n) is 8.12. The third-order valence-corrected chi connectivity index (χ3v) is 2.47. The summed E-state index contributed by atoms with van der Waals surface area (Å²) in [5.74, 6) is 0.0165. The van der Waals surface area contributed by atoms with Crippen LogP contribution in [0.2, 0.25) is 0 Å². The van der Waals surface area contributed by atoms with Gasteiger partial charge in [-0.25, -0.2) is 0 Å². The fourth-order valence-corrected chi connectivity index (χ4v) is 1.66. The number of likely N-dealkylation sites (tertiary alicyclic amines) is 1. The van der Waals surface area contributed by atoms with Gasteiger partial charge in [-0.1, -0.05) is 0 Å². The molecular weight excluding hydrogens is 168 g/mol. The van der Waals surface area contributed by atoms with E-state index < -0.39 is 0 Å². The zero-order chi connectivity index (χ0) is 9.68.